The van der Waals surface area contributed by atoms with Gasteiger partial charge in [0.1, 0.15) is 5.75 Å². The summed E-state index contributed by atoms with van der Waals surface area (Å²) < 4.78 is 5.37. The number of nitrogens with one attached hydrogen (secondary N) is 1. The number of aliphatic hydroxyl groups excluding tert-OH is 1. The highest BCUT2D eigenvalue weighted by Crippen LogP contribution is 2.36. The minimum atomic E-state index is -0.511. The second kappa shape index (κ2) is 6.92. The van der Waals surface area contributed by atoms with Gasteiger partial charge in [0.15, 0.2) is 0 Å². The van der Waals surface area contributed by atoms with E-state index in [4.69, 9.17) is 4.74 Å². The highest BCUT2D eigenvalue weighted by Gasteiger charge is 2.19. The predicted octanol–water partition coefficient (Wildman–Crippen LogP) is 3.00. The highest BCUT2D eigenvalue weighted by atomic mass is 16.5. The molecule has 1 aromatic rings. The van der Waals surface area contributed by atoms with Gasteiger partial charge in [-0.2, -0.15) is 0 Å². The molecule has 0 spiro atoms. The van der Waals surface area contributed by atoms with E-state index < -0.39 is 6.10 Å². The lowest BCUT2D eigenvalue weighted by atomic mass is 9.83. The summed E-state index contributed by atoms with van der Waals surface area (Å²) in [5.74, 6) is 1.43. The van der Waals surface area contributed by atoms with E-state index >= 15 is 0 Å². The Morgan fingerprint density at radius 1 is 1.32 bits per heavy atom. The van der Waals surface area contributed by atoms with Crippen molar-refractivity contribution in [1.82, 2.24) is 5.32 Å². The van der Waals surface area contributed by atoms with Crippen LogP contribution in [0.4, 0.5) is 0 Å². The van der Waals surface area contributed by atoms with Crippen molar-refractivity contribution < 1.29 is 9.84 Å². The van der Waals surface area contributed by atoms with Crippen molar-refractivity contribution in [3.05, 3.63) is 29.3 Å². The molecule has 1 aliphatic carbocycles. The normalized spacial score (nSPS) is 18.3. The first-order valence-electron chi connectivity index (χ1n) is 7.26. The fraction of sp³-hybridized carbons (Fsp3) is 0.625. The van der Waals surface area contributed by atoms with Gasteiger partial charge in [0.2, 0.25) is 0 Å². The van der Waals surface area contributed by atoms with Crippen LogP contribution < -0.4 is 10.1 Å². The van der Waals surface area contributed by atoms with Gasteiger partial charge in [-0.1, -0.05) is 25.3 Å². The molecule has 1 aliphatic rings. The van der Waals surface area contributed by atoms with Gasteiger partial charge in [0.25, 0.3) is 0 Å². The molecule has 1 aromatic carbocycles. The number of methoxy groups -OCH3 is 1. The molecule has 1 atom stereocenters. The Labute approximate surface area is 116 Å². The van der Waals surface area contributed by atoms with E-state index in [-0.39, 0.29) is 0 Å². The van der Waals surface area contributed by atoms with Crippen molar-refractivity contribution in [2.24, 2.45) is 0 Å². The van der Waals surface area contributed by atoms with Gasteiger partial charge in [0, 0.05) is 12.1 Å². The van der Waals surface area contributed by atoms with E-state index in [1.165, 1.54) is 37.7 Å². The fourth-order valence-electron chi connectivity index (χ4n) is 3.01. The summed E-state index contributed by atoms with van der Waals surface area (Å²) in [6.07, 6.45) is 6.04. The van der Waals surface area contributed by atoms with Gasteiger partial charge >= 0.3 is 0 Å². The first-order chi connectivity index (χ1) is 9.26. The number of ether oxygens (including phenoxy) is 1. The Kier molecular flexibility index (Phi) is 5.23. The minimum Gasteiger partial charge on any atom is -0.496 e. The van der Waals surface area contributed by atoms with Gasteiger partial charge in [0.05, 0.1) is 13.2 Å². The fourth-order valence-corrected chi connectivity index (χ4v) is 3.01. The van der Waals surface area contributed by atoms with Gasteiger partial charge in [-0.05, 0) is 43.5 Å². The van der Waals surface area contributed by atoms with Crippen LogP contribution in [0.5, 0.6) is 5.75 Å². The molecule has 0 amide bonds. The molecular weight excluding hydrogens is 238 g/mol. The van der Waals surface area contributed by atoms with Crippen LogP contribution in [0.1, 0.15) is 55.3 Å². The van der Waals surface area contributed by atoms with Gasteiger partial charge in [-0.25, -0.2) is 0 Å². The molecule has 1 fully saturated rings. The molecule has 3 heteroatoms. The van der Waals surface area contributed by atoms with Crippen LogP contribution in [0, 0.1) is 0 Å². The average Bonchev–Trinajstić information content (AvgIpc) is 2.47. The summed E-state index contributed by atoms with van der Waals surface area (Å²) in [4.78, 5) is 0. The number of aliphatic hydroxyl groups is 1. The first kappa shape index (κ1) is 14.4. The summed E-state index contributed by atoms with van der Waals surface area (Å²) in [5, 5.41) is 13.2. The van der Waals surface area contributed by atoms with Crippen LogP contribution in [-0.4, -0.2) is 25.8 Å². The van der Waals surface area contributed by atoms with Crippen LogP contribution >= 0.6 is 0 Å². The summed E-state index contributed by atoms with van der Waals surface area (Å²) >= 11 is 0. The molecule has 1 unspecified atom stereocenters. The third-order valence-corrected chi connectivity index (χ3v) is 4.09. The van der Waals surface area contributed by atoms with E-state index in [0.29, 0.717) is 12.5 Å². The SMILES string of the molecule is CNCC(O)c1cc(C2CCCCC2)ccc1OC. The van der Waals surface area contributed by atoms with Crippen molar-refractivity contribution in [2.75, 3.05) is 20.7 Å². The third-order valence-electron chi connectivity index (χ3n) is 4.09. The zero-order valence-corrected chi connectivity index (χ0v) is 12.0. The molecule has 19 heavy (non-hydrogen) atoms. The standard InChI is InChI=1S/C16H25NO2/c1-17-11-15(18)14-10-13(8-9-16(14)19-2)12-6-4-3-5-7-12/h8-10,12,15,17-18H,3-7,11H2,1-2H3. The van der Waals surface area contributed by atoms with Gasteiger partial charge < -0.3 is 15.2 Å². The molecule has 106 valence electrons. The lowest BCUT2D eigenvalue weighted by molar-refractivity contribution is 0.173. The Bertz CT molecular complexity index is 400. The van der Waals surface area contributed by atoms with Crippen molar-refractivity contribution in [3.8, 4) is 5.75 Å². The summed E-state index contributed by atoms with van der Waals surface area (Å²) in [6.45, 7) is 0.546. The first-order valence-corrected chi connectivity index (χ1v) is 7.26. The number of hydrogen-bond acceptors (Lipinski definition) is 3. The summed E-state index contributed by atoms with van der Waals surface area (Å²) in [7, 11) is 3.51. The smallest absolute Gasteiger partial charge is 0.124 e. The molecular formula is C16H25NO2. The van der Waals surface area contributed by atoms with Crippen molar-refractivity contribution in [1.29, 1.82) is 0 Å². The maximum atomic E-state index is 10.2. The third kappa shape index (κ3) is 3.48. The monoisotopic (exact) mass is 263 g/mol. The average molecular weight is 263 g/mol. The molecule has 1 saturated carbocycles. The van der Waals surface area contributed by atoms with Crippen molar-refractivity contribution in [2.45, 2.75) is 44.1 Å². The molecule has 0 radical (unpaired) electrons. The summed E-state index contributed by atoms with van der Waals surface area (Å²) in [5.41, 5.74) is 2.26. The quantitative estimate of drug-likeness (QED) is 0.858. The van der Waals surface area contributed by atoms with E-state index in [1.807, 2.05) is 13.1 Å². The second-order valence-electron chi connectivity index (χ2n) is 5.41. The predicted molar refractivity (Wildman–Crippen MR) is 77.7 cm³/mol. The maximum Gasteiger partial charge on any atom is 0.124 e. The zero-order chi connectivity index (χ0) is 13.7. The molecule has 0 bridgehead atoms. The molecule has 2 N–H and O–H groups in total. The highest BCUT2D eigenvalue weighted by molar-refractivity contribution is 5.40. The number of likely N-dealkylation sites (N-methyl/N-ethyl adjacent to an activating group) is 1. The van der Waals surface area contributed by atoms with Crippen molar-refractivity contribution >= 4 is 0 Å². The van der Waals surface area contributed by atoms with Crippen LogP contribution in [0.2, 0.25) is 0 Å². The van der Waals surface area contributed by atoms with Crippen LogP contribution in [-0.2, 0) is 0 Å². The molecule has 0 saturated heterocycles. The van der Waals surface area contributed by atoms with Gasteiger partial charge in [-0.3, -0.25) is 0 Å². The van der Waals surface area contributed by atoms with Crippen LogP contribution in [0.25, 0.3) is 0 Å². The molecule has 0 heterocycles. The Hall–Kier alpha value is -1.06. The van der Waals surface area contributed by atoms with Gasteiger partial charge in [-0.15, -0.1) is 0 Å². The minimum absolute atomic E-state index is 0.511. The Balaban J connectivity index is 2.23. The van der Waals surface area contributed by atoms with E-state index in [2.05, 4.69) is 17.4 Å². The topological polar surface area (TPSA) is 41.5 Å². The molecule has 3 nitrogen and oxygen atoms in total. The number of benzene rings is 1. The molecule has 0 aromatic heterocycles. The summed E-state index contributed by atoms with van der Waals surface area (Å²) in [6, 6.07) is 6.29. The lowest BCUT2D eigenvalue weighted by Crippen LogP contribution is -2.17. The van der Waals surface area contributed by atoms with Crippen LogP contribution in [0.15, 0.2) is 18.2 Å². The number of rotatable bonds is 5. The zero-order valence-electron chi connectivity index (χ0n) is 12.0. The number of hydrogen-bond donors (Lipinski definition) is 2. The largest absolute Gasteiger partial charge is 0.496 e. The van der Waals surface area contributed by atoms with E-state index in [9.17, 15) is 5.11 Å². The Morgan fingerprint density at radius 3 is 2.68 bits per heavy atom. The molecule has 0 aliphatic heterocycles. The molecule has 2 rings (SSSR count). The van der Waals surface area contributed by atoms with Crippen LogP contribution in [0.3, 0.4) is 0 Å². The van der Waals surface area contributed by atoms with E-state index in [0.717, 1.165) is 11.3 Å². The maximum absolute atomic E-state index is 10.2. The lowest BCUT2D eigenvalue weighted by Gasteiger charge is -2.24. The second-order valence-corrected chi connectivity index (χ2v) is 5.41. The van der Waals surface area contributed by atoms with Crippen molar-refractivity contribution in [3.63, 3.8) is 0 Å². The van der Waals surface area contributed by atoms with E-state index in [1.54, 1.807) is 7.11 Å². The Morgan fingerprint density at radius 2 is 2.05 bits per heavy atom.